The van der Waals surface area contributed by atoms with Gasteiger partial charge in [-0.2, -0.15) is 0 Å². The lowest BCUT2D eigenvalue weighted by atomic mass is 10.0. The summed E-state index contributed by atoms with van der Waals surface area (Å²) in [7, 11) is 0. The van der Waals surface area contributed by atoms with Gasteiger partial charge in [0.25, 0.3) is 0 Å². The second-order valence-corrected chi connectivity index (χ2v) is 5.53. The van der Waals surface area contributed by atoms with Gasteiger partial charge in [0.1, 0.15) is 5.75 Å². The van der Waals surface area contributed by atoms with Gasteiger partial charge in [0, 0.05) is 29.0 Å². The average molecular weight is 248 g/mol. The van der Waals surface area contributed by atoms with Crippen LogP contribution in [0.25, 0.3) is 0 Å². The predicted molar refractivity (Wildman–Crippen MR) is 77.1 cm³/mol. The molecule has 0 aromatic heterocycles. The van der Waals surface area contributed by atoms with Crippen molar-refractivity contribution in [2.75, 3.05) is 17.7 Å². The molecule has 1 fully saturated rings. The summed E-state index contributed by atoms with van der Waals surface area (Å²) in [4.78, 5) is 0. The number of benzene rings is 1. The zero-order valence-electron chi connectivity index (χ0n) is 11.5. The first kappa shape index (κ1) is 13.1. The summed E-state index contributed by atoms with van der Waals surface area (Å²) in [5.41, 5.74) is 7.98. The molecular formula is C15H24N2O. The lowest BCUT2D eigenvalue weighted by Gasteiger charge is -2.27. The van der Waals surface area contributed by atoms with Crippen LogP contribution in [0, 0.1) is 0 Å². The Labute approximate surface area is 110 Å². The zero-order valence-corrected chi connectivity index (χ0v) is 11.5. The van der Waals surface area contributed by atoms with Crippen molar-refractivity contribution in [1.82, 2.24) is 0 Å². The molecule has 0 aliphatic heterocycles. The van der Waals surface area contributed by atoms with E-state index in [-0.39, 0.29) is 5.54 Å². The Morgan fingerprint density at radius 1 is 1.28 bits per heavy atom. The van der Waals surface area contributed by atoms with E-state index in [1.807, 2.05) is 12.1 Å². The van der Waals surface area contributed by atoms with Crippen molar-refractivity contribution >= 4 is 11.4 Å². The zero-order chi connectivity index (χ0) is 13.0. The first-order valence-electron chi connectivity index (χ1n) is 6.93. The molecule has 0 atom stereocenters. The number of ether oxygens (including phenoxy) is 1. The highest BCUT2D eigenvalue weighted by Gasteiger charge is 2.28. The highest BCUT2D eigenvalue weighted by molar-refractivity contribution is 5.60. The molecule has 2 rings (SSSR count). The number of hydrogen-bond acceptors (Lipinski definition) is 3. The topological polar surface area (TPSA) is 47.3 Å². The summed E-state index contributed by atoms with van der Waals surface area (Å²) in [6.45, 7) is 5.13. The Morgan fingerprint density at radius 3 is 2.67 bits per heavy atom. The SMILES string of the molecule is CCCOc1cc(N)cc(NC2(C)CCCC2)c1. The molecule has 3 heteroatoms. The van der Waals surface area contributed by atoms with Gasteiger partial charge in [-0.3, -0.25) is 0 Å². The van der Waals surface area contributed by atoms with Gasteiger partial charge >= 0.3 is 0 Å². The minimum atomic E-state index is 0.218. The van der Waals surface area contributed by atoms with Crippen molar-refractivity contribution in [3.63, 3.8) is 0 Å². The molecule has 0 heterocycles. The first-order chi connectivity index (χ1) is 8.61. The second kappa shape index (κ2) is 5.51. The van der Waals surface area contributed by atoms with E-state index in [1.165, 1.54) is 25.7 Å². The van der Waals surface area contributed by atoms with Crippen LogP contribution in [0.3, 0.4) is 0 Å². The fourth-order valence-electron chi connectivity index (χ4n) is 2.63. The largest absolute Gasteiger partial charge is 0.493 e. The maximum atomic E-state index is 5.93. The van der Waals surface area contributed by atoms with E-state index in [9.17, 15) is 0 Å². The van der Waals surface area contributed by atoms with Gasteiger partial charge in [0.15, 0.2) is 0 Å². The van der Waals surface area contributed by atoms with E-state index in [0.29, 0.717) is 0 Å². The lowest BCUT2D eigenvalue weighted by molar-refractivity contribution is 0.317. The molecule has 1 aromatic carbocycles. The third kappa shape index (κ3) is 3.31. The predicted octanol–water partition coefficient (Wildman–Crippen LogP) is 3.80. The number of rotatable bonds is 5. The smallest absolute Gasteiger partial charge is 0.123 e. The van der Waals surface area contributed by atoms with Crippen LogP contribution in [0.5, 0.6) is 5.75 Å². The van der Waals surface area contributed by atoms with E-state index in [2.05, 4.69) is 25.2 Å². The molecule has 1 aliphatic rings. The summed E-state index contributed by atoms with van der Waals surface area (Å²) >= 11 is 0. The third-order valence-corrected chi connectivity index (χ3v) is 3.55. The summed E-state index contributed by atoms with van der Waals surface area (Å²) < 4.78 is 5.65. The Hall–Kier alpha value is -1.38. The van der Waals surface area contributed by atoms with Crippen LogP contribution in [0.1, 0.15) is 46.0 Å². The van der Waals surface area contributed by atoms with Crippen molar-refractivity contribution < 1.29 is 4.74 Å². The molecule has 0 radical (unpaired) electrons. The van der Waals surface area contributed by atoms with Gasteiger partial charge < -0.3 is 15.8 Å². The van der Waals surface area contributed by atoms with Crippen LogP contribution >= 0.6 is 0 Å². The average Bonchev–Trinajstić information content (AvgIpc) is 2.72. The molecule has 3 N–H and O–H groups in total. The number of nitrogens with one attached hydrogen (secondary N) is 1. The third-order valence-electron chi connectivity index (χ3n) is 3.55. The van der Waals surface area contributed by atoms with Gasteiger partial charge in [-0.05, 0) is 32.3 Å². The minimum Gasteiger partial charge on any atom is -0.493 e. The monoisotopic (exact) mass is 248 g/mol. The minimum absolute atomic E-state index is 0.218. The molecular weight excluding hydrogens is 224 g/mol. The van der Waals surface area contributed by atoms with Gasteiger partial charge in [-0.25, -0.2) is 0 Å². The molecule has 100 valence electrons. The van der Waals surface area contributed by atoms with Crippen LogP contribution in [0.2, 0.25) is 0 Å². The number of anilines is 2. The van der Waals surface area contributed by atoms with Gasteiger partial charge in [0.05, 0.1) is 6.61 Å². The standard InChI is InChI=1S/C15H24N2O/c1-3-8-18-14-10-12(16)9-13(11-14)17-15(2)6-4-5-7-15/h9-11,17H,3-8,16H2,1-2H3. The van der Waals surface area contributed by atoms with Crippen LogP contribution < -0.4 is 15.8 Å². The molecule has 0 unspecified atom stereocenters. The van der Waals surface area contributed by atoms with Crippen LogP contribution in [-0.4, -0.2) is 12.1 Å². The first-order valence-corrected chi connectivity index (χ1v) is 6.93. The van der Waals surface area contributed by atoms with Crippen molar-refractivity contribution in [2.24, 2.45) is 0 Å². The highest BCUT2D eigenvalue weighted by atomic mass is 16.5. The number of nitrogen functional groups attached to an aromatic ring is 1. The number of hydrogen-bond donors (Lipinski definition) is 2. The van der Waals surface area contributed by atoms with Gasteiger partial charge in [-0.1, -0.05) is 19.8 Å². The Morgan fingerprint density at radius 2 is 2.00 bits per heavy atom. The fraction of sp³-hybridized carbons (Fsp3) is 0.600. The second-order valence-electron chi connectivity index (χ2n) is 5.53. The Kier molecular flexibility index (Phi) is 4.00. The maximum absolute atomic E-state index is 5.93. The van der Waals surface area contributed by atoms with Crippen molar-refractivity contribution in [2.45, 2.75) is 51.5 Å². The molecule has 0 amide bonds. The Bertz CT molecular complexity index is 397. The molecule has 0 bridgehead atoms. The molecule has 1 saturated carbocycles. The molecule has 1 aliphatic carbocycles. The van der Waals surface area contributed by atoms with Gasteiger partial charge in [-0.15, -0.1) is 0 Å². The normalized spacial score (nSPS) is 17.7. The van der Waals surface area contributed by atoms with E-state index in [1.54, 1.807) is 0 Å². The van der Waals surface area contributed by atoms with E-state index < -0.39 is 0 Å². The molecule has 3 nitrogen and oxygen atoms in total. The van der Waals surface area contributed by atoms with Crippen LogP contribution in [0.4, 0.5) is 11.4 Å². The van der Waals surface area contributed by atoms with Crippen molar-refractivity contribution in [3.05, 3.63) is 18.2 Å². The Balaban J connectivity index is 2.09. The van der Waals surface area contributed by atoms with Crippen molar-refractivity contribution in [3.8, 4) is 5.75 Å². The summed E-state index contributed by atoms with van der Waals surface area (Å²) in [6.07, 6.45) is 6.09. The summed E-state index contributed by atoms with van der Waals surface area (Å²) in [6, 6.07) is 5.93. The van der Waals surface area contributed by atoms with Gasteiger partial charge in [0.2, 0.25) is 0 Å². The van der Waals surface area contributed by atoms with E-state index in [0.717, 1.165) is 30.2 Å². The highest BCUT2D eigenvalue weighted by Crippen LogP contribution is 2.34. The van der Waals surface area contributed by atoms with Crippen LogP contribution in [-0.2, 0) is 0 Å². The van der Waals surface area contributed by atoms with Crippen molar-refractivity contribution in [1.29, 1.82) is 0 Å². The molecule has 0 saturated heterocycles. The summed E-state index contributed by atoms with van der Waals surface area (Å²) in [5.74, 6) is 0.862. The lowest BCUT2D eigenvalue weighted by Crippen LogP contribution is -2.30. The molecule has 1 aromatic rings. The fourth-order valence-corrected chi connectivity index (χ4v) is 2.63. The quantitative estimate of drug-likeness (QED) is 0.779. The van der Waals surface area contributed by atoms with E-state index in [4.69, 9.17) is 10.5 Å². The summed E-state index contributed by atoms with van der Waals surface area (Å²) in [5, 5.41) is 3.61. The van der Waals surface area contributed by atoms with E-state index >= 15 is 0 Å². The number of nitrogens with two attached hydrogens (primary N) is 1. The van der Waals surface area contributed by atoms with Crippen LogP contribution in [0.15, 0.2) is 18.2 Å². The maximum Gasteiger partial charge on any atom is 0.123 e. The molecule has 0 spiro atoms. The molecule has 18 heavy (non-hydrogen) atoms.